The Kier molecular flexibility index (Phi) is 5.57. The fourth-order valence-electron chi connectivity index (χ4n) is 4.35. The van der Waals surface area contributed by atoms with Crippen molar-refractivity contribution in [3.05, 3.63) is 64.8 Å². The van der Waals surface area contributed by atoms with Crippen molar-refractivity contribution in [2.75, 3.05) is 23.9 Å². The second kappa shape index (κ2) is 8.44. The molecule has 0 radical (unpaired) electrons. The minimum atomic E-state index is -3.34. The van der Waals surface area contributed by atoms with Crippen molar-refractivity contribution >= 4 is 44.8 Å². The topological polar surface area (TPSA) is 111 Å². The molecule has 11 heteroatoms. The smallest absolute Gasteiger partial charge is 0.230 e. The highest BCUT2D eigenvalue weighted by atomic mass is 35.5. The molecule has 0 saturated carbocycles. The Balaban J connectivity index is 1.44. The summed E-state index contributed by atoms with van der Waals surface area (Å²) in [7, 11) is -1.81. The predicted molar refractivity (Wildman–Crippen MR) is 127 cm³/mol. The van der Waals surface area contributed by atoms with E-state index in [0.717, 1.165) is 0 Å². The van der Waals surface area contributed by atoms with Crippen LogP contribution in [-0.2, 0) is 30.9 Å². The lowest BCUT2D eigenvalue weighted by Crippen LogP contribution is -2.29. The van der Waals surface area contributed by atoms with Crippen LogP contribution in [0.15, 0.2) is 48.5 Å². The lowest BCUT2D eigenvalue weighted by atomic mass is 10.1. The third-order valence-corrected chi connectivity index (χ3v) is 7.63. The van der Waals surface area contributed by atoms with Gasteiger partial charge in [0.05, 0.1) is 41.6 Å². The van der Waals surface area contributed by atoms with Gasteiger partial charge in [-0.1, -0.05) is 29.8 Å². The number of anilines is 2. The first kappa shape index (κ1) is 22.4. The lowest BCUT2D eigenvalue weighted by molar-refractivity contribution is -0.122. The van der Waals surface area contributed by atoms with Crippen LogP contribution < -0.4 is 15.0 Å². The minimum Gasteiger partial charge on any atom is -0.495 e. The third kappa shape index (κ3) is 4.03. The molecule has 1 unspecified atom stereocenters. The van der Waals surface area contributed by atoms with Crippen LogP contribution >= 0.6 is 11.6 Å². The summed E-state index contributed by atoms with van der Waals surface area (Å²) in [5.74, 6) is -0.793. The average molecular weight is 501 g/mol. The number of carbonyl (C=O) groups is 2. The van der Waals surface area contributed by atoms with Crippen LogP contribution in [0.4, 0.5) is 11.5 Å². The molecule has 1 fully saturated rings. The summed E-state index contributed by atoms with van der Waals surface area (Å²) in [6.07, 6.45) is 0.0235. The van der Waals surface area contributed by atoms with Crippen LogP contribution in [0.2, 0.25) is 5.02 Å². The second-order valence-electron chi connectivity index (χ2n) is 8.26. The number of para-hydroxylation sites is 2. The normalized spacial score (nSPS) is 18.7. The van der Waals surface area contributed by atoms with Crippen molar-refractivity contribution in [3.8, 4) is 11.4 Å². The number of nitrogens with one attached hydrogen (secondary N) is 1. The van der Waals surface area contributed by atoms with Gasteiger partial charge in [-0.25, -0.2) is 13.1 Å². The zero-order valence-corrected chi connectivity index (χ0v) is 19.8. The zero-order valence-electron chi connectivity index (χ0n) is 18.2. The lowest BCUT2D eigenvalue weighted by Gasteiger charge is -2.19. The monoisotopic (exact) mass is 500 g/mol. The second-order valence-corrected chi connectivity index (χ2v) is 10.8. The molecule has 2 aromatic carbocycles. The van der Waals surface area contributed by atoms with Crippen LogP contribution in [-0.4, -0.2) is 43.7 Å². The van der Waals surface area contributed by atoms with Crippen molar-refractivity contribution in [2.45, 2.75) is 17.9 Å². The molecule has 1 aromatic heterocycles. The van der Waals surface area contributed by atoms with Gasteiger partial charge in [0.25, 0.3) is 0 Å². The van der Waals surface area contributed by atoms with E-state index in [1.54, 1.807) is 48.5 Å². The van der Waals surface area contributed by atoms with E-state index in [1.165, 1.54) is 16.7 Å². The molecule has 1 N–H and O–H groups in total. The molecule has 1 atom stereocenters. The van der Waals surface area contributed by atoms with Gasteiger partial charge in [-0.15, -0.1) is 0 Å². The molecule has 9 nitrogen and oxygen atoms in total. The molecule has 34 heavy (non-hydrogen) atoms. The summed E-state index contributed by atoms with van der Waals surface area (Å²) in [6, 6.07) is 14.0. The van der Waals surface area contributed by atoms with Gasteiger partial charge in [0.1, 0.15) is 11.6 Å². The maximum Gasteiger partial charge on any atom is 0.230 e. The maximum absolute atomic E-state index is 13.3. The van der Waals surface area contributed by atoms with Crippen LogP contribution in [0.25, 0.3) is 5.69 Å². The van der Waals surface area contributed by atoms with Crippen LogP contribution in [0.5, 0.6) is 5.75 Å². The number of aromatic nitrogens is 2. The largest absolute Gasteiger partial charge is 0.495 e. The number of ether oxygens (including phenoxy) is 1. The number of fused-ring (bicyclic) bond motifs is 1. The van der Waals surface area contributed by atoms with Crippen molar-refractivity contribution in [3.63, 3.8) is 0 Å². The number of methoxy groups -OCH3 is 1. The van der Waals surface area contributed by atoms with E-state index in [4.69, 9.17) is 16.3 Å². The first-order valence-electron chi connectivity index (χ1n) is 10.6. The highest BCUT2D eigenvalue weighted by molar-refractivity contribution is 7.90. The molecule has 2 aliphatic rings. The van der Waals surface area contributed by atoms with Crippen LogP contribution in [0.1, 0.15) is 17.7 Å². The van der Waals surface area contributed by atoms with Crippen molar-refractivity contribution in [1.29, 1.82) is 0 Å². The molecule has 3 heterocycles. The predicted octanol–water partition coefficient (Wildman–Crippen LogP) is 2.95. The van der Waals surface area contributed by atoms with Gasteiger partial charge in [-0.05, 0) is 30.3 Å². The Bertz CT molecular complexity index is 1420. The van der Waals surface area contributed by atoms with Gasteiger partial charge in [0.2, 0.25) is 11.8 Å². The number of sulfone groups is 1. The molecule has 0 spiro atoms. The molecule has 176 valence electrons. The molecule has 2 amide bonds. The summed E-state index contributed by atoms with van der Waals surface area (Å²) in [6.45, 7) is 0.177. The van der Waals surface area contributed by atoms with E-state index >= 15 is 0 Å². The summed E-state index contributed by atoms with van der Waals surface area (Å²) in [4.78, 5) is 27.5. The number of amides is 2. The molecule has 2 aliphatic heterocycles. The summed E-state index contributed by atoms with van der Waals surface area (Å²) in [5.41, 5.74) is 2.04. The minimum absolute atomic E-state index is 0.0235. The van der Waals surface area contributed by atoms with Gasteiger partial charge in [-0.2, -0.15) is 5.10 Å². The fraction of sp³-hybridized carbons (Fsp3) is 0.261. The first-order valence-corrected chi connectivity index (χ1v) is 12.8. The molecule has 0 aliphatic carbocycles. The molecule has 1 saturated heterocycles. The number of benzene rings is 2. The molecule has 3 aromatic rings. The van der Waals surface area contributed by atoms with E-state index in [2.05, 4.69) is 10.4 Å². The van der Waals surface area contributed by atoms with E-state index in [1.807, 2.05) is 0 Å². The van der Waals surface area contributed by atoms with Gasteiger partial charge in [0, 0.05) is 23.6 Å². The number of rotatable bonds is 5. The van der Waals surface area contributed by atoms with Crippen LogP contribution in [0, 0.1) is 5.92 Å². The number of nitrogens with zero attached hydrogens (tertiary/aromatic N) is 3. The zero-order chi connectivity index (χ0) is 24.0. The van der Waals surface area contributed by atoms with Crippen LogP contribution in [0.3, 0.4) is 0 Å². The Morgan fingerprint density at radius 1 is 1.18 bits per heavy atom. The quantitative estimate of drug-likeness (QED) is 0.576. The summed E-state index contributed by atoms with van der Waals surface area (Å²) in [5, 5.41) is 7.78. The highest BCUT2D eigenvalue weighted by Gasteiger charge is 2.38. The van der Waals surface area contributed by atoms with Crippen molar-refractivity contribution < 1.29 is 22.7 Å². The van der Waals surface area contributed by atoms with E-state index in [0.29, 0.717) is 33.4 Å². The van der Waals surface area contributed by atoms with E-state index in [9.17, 15) is 18.0 Å². The number of carbonyl (C=O) groups excluding carboxylic acids is 2. The van der Waals surface area contributed by atoms with Crippen molar-refractivity contribution in [1.82, 2.24) is 9.78 Å². The SMILES string of the molecule is COc1ccccc1N1CC(C(=O)Nc2c3c(nn2-c2cccc(Cl)c2)CS(=O)(=O)C3)CC1=O. The average Bonchev–Trinajstić information content (AvgIpc) is 3.44. The van der Waals surface area contributed by atoms with E-state index in [-0.39, 0.29) is 42.1 Å². The Hall–Kier alpha value is -3.37. The number of halogens is 1. The number of hydrogen-bond acceptors (Lipinski definition) is 6. The fourth-order valence-corrected chi connectivity index (χ4v) is 6.03. The van der Waals surface area contributed by atoms with Gasteiger partial charge >= 0.3 is 0 Å². The Morgan fingerprint density at radius 3 is 2.74 bits per heavy atom. The highest BCUT2D eigenvalue weighted by Crippen LogP contribution is 2.36. The molecule has 0 bridgehead atoms. The number of hydrogen-bond donors (Lipinski definition) is 1. The molecule has 5 rings (SSSR count). The Labute approximate surface area is 201 Å². The summed E-state index contributed by atoms with van der Waals surface area (Å²) >= 11 is 6.13. The van der Waals surface area contributed by atoms with Gasteiger partial charge in [-0.3, -0.25) is 9.59 Å². The molecular weight excluding hydrogens is 480 g/mol. The maximum atomic E-state index is 13.3. The Morgan fingerprint density at radius 2 is 1.97 bits per heavy atom. The third-order valence-electron chi connectivity index (χ3n) is 5.95. The first-order chi connectivity index (χ1) is 16.3. The van der Waals surface area contributed by atoms with Gasteiger partial charge < -0.3 is 15.0 Å². The standard InChI is InChI=1S/C23H21ClN4O5S/c1-33-20-8-3-2-7-19(20)27-11-14(9-21(27)29)23(30)25-22-17-12-34(31,32)13-18(17)26-28(22)16-6-4-5-15(24)10-16/h2-8,10,14H,9,11-13H2,1H3,(H,25,30). The van der Waals surface area contributed by atoms with Crippen molar-refractivity contribution in [2.24, 2.45) is 5.92 Å². The van der Waals surface area contributed by atoms with E-state index < -0.39 is 15.8 Å². The van der Waals surface area contributed by atoms with Gasteiger partial charge in [0.15, 0.2) is 9.84 Å². The summed E-state index contributed by atoms with van der Waals surface area (Å²) < 4.78 is 31.3. The molecular formula is C23H21ClN4O5S.